The molecular formula is C18H23N3O3. The van der Waals surface area contributed by atoms with Crippen molar-refractivity contribution < 1.29 is 13.9 Å². The number of rotatable bonds is 7. The maximum Gasteiger partial charge on any atom is 0.317 e. The summed E-state index contributed by atoms with van der Waals surface area (Å²) < 4.78 is 10.7. The third-order valence-corrected chi connectivity index (χ3v) is 4.17. The summed E-state index contributed by atoms with van der Waals surface area (Å²) in [5.74, 6) is 0.816. The van der Waals surface area contributed by atoms with E-state index in [2.05, 4.69) is 10.3 Å². The largest absolute Gasteiger partial charge is 0.467 e. The van der Waals surface area contributed by atoms with Crippen LogP contribution in [0.2, 0.25) is 0 Å². The minimum Gasteiger partial charge on any atom is -0.467 e. The van der Waals surface area contributed by atoms with E-state index in [1.165, 1.54) is 0 Å². The number of amides is 2. The van der Waals surface area contributed by atoms with Gasteiger partial charge in [0.05, 0.1) is 12.3 Å². The van der Waals surface area contributed by atoms with E-state index in [-0.39, 0.29) is 12.1 Å². The molecule has 1 aliphatic rings. The molecule has 3 rings (SSSR count). The summed E-state index contributed by atoms with van der Waals surface area (Å²) in [6.45, 7) is 2.47. The number of nitrogens with zero attached hydrogens (tertiary/aromatic N) is 2. The third-order valence-electron chi connectivity index (χ3n) is 4.17. The van der Waals surface area contributed by atoms with Crippen molar-refractivity contribution in [2.75, 3.05) is 19.7 Å². The van der Waals surface area contributed by atoms with Crippen LogP contribution in [0, 0.1) is 0 Å². The number of pyridine rings is 1. The van der Waals surface area contributed by atoms with Gasteiger partial charge in [-0.25, -0.2) is 4.79 Å². The standard InChI is InChI=1S/C18H23N3O3/c22-18(20-8-3-12-23-14-16-4-2-13-24-16)21-11-1-5-17(21)15-6-9-19-10-7-15/h2,4,6-7,9-10,13,17H,1,3,5,8,11-12,14H2,(H,20,22)/t17-/m1/s1. The van der Waals surface area contributed by atoms with Crippen LogP contribution >= 0.6 is 0 Å². The molecule has 24 heavy (non-hydrogen) atoms. The lowest BCUT2D eigenvalue weighted by atomic mass is 10.1. The van der Waals surface area contributed by atoms with Crippen LogP contribution in [0.1, 0.15) is 36.6 Å². The monoisotopic (exact) mass is 329 g/mol. The third kappa shape index (κ3) is 4.35. The number of carbonyl (C=O) groups excluding carboxylic acids is 1. The van der Waals surface area contributed by atoms with Gasteiger partial charge in [0.2, 0.25) is 0 Å². The van der Waals surface area contributed by atoms with Crippen LogP contribution in [0.25, 0.3) is 0 Å². The first-order valence-electron chi connectivity index (χ1n) is 8.39. The predicted octanol–water partition coefficient (Wildman–Crippen LogP) is 3.13. The van der Waals surface area contributed by atoms with Crippen LogP contribution in [-0.2, 0) is 11.3 Å². The van der Waals surface area contributed by atoms with E-state index >= 15 is 0 Å². The van der Waals surface area contributed by atoms with Gasteiger partial charge in [-0.15, -0.1) is 0 Å². The topological polar surface area (TPSA) is 67.6 Å². The Hall–Kier alpha value is -2.34. The minimum absolute atomic E-state index is 0.000321. The number of furan rings is 1. The molecule has 0 radical (unpaired) electrons. The van der Waals surface area contributed by atoms with E-state index in [4.69, 9.17) is 9.15 Å². The highest BCUT2D eigenvalue weighted by Gasteiger charge is 2.29. The molecule has 1 aliphatic heterocycles. The Morgan fingerprint density at radius 3 is 3.04 bits per heavy atom. The number of hydrogen-bond acceptors (Lipinski definition) is 4. The fraction of sp³-hybridized carbons (Fsp3) is 0.444. The zero-order chi connectivity index (χ0) is 16.6. The first kappa shape index (κ1) is 16.5. The Labute approximate surface area is 141 Å². The Morgan fingerprint density at radius 1 is 1.38 bits per heavy atom. The van der Waals surface area contributed by atoms with Crippen molar-refractivity contribution in [3.8, 4) is 0 Å². The highest BCUT2D eigenvalue weighted by atomic mass is 16.5. The summed E-state index contributed by atoms with van der Waals surface area (Å²) in [6.07, 6.45) is 8.00. The molecule has 2 aromatic rings. The number of nitrogens with one attached hydrogen (secondary N) is 1. The first-order valence-corrected chi connectivity index (χ1v) is 8.39. The second-order valence-electron chi connectivity index (χ2n) is 5.85. The summed E-state index contributed by atoms with van der Waals surface area (Å²) in [5.41, 5.74) is 1.15. The molecule has 1 atom stereocenters. The SMILES string of the molecule is O=C(NCCCOCc1ccco1)N1CCC[C@@H]1c1ccncc1. The van der Waals surface area contributed by atoms with Crippen LogP contribution in [-0.4, -0.2) is 35.6 Å². The van der Waals surface area contributed by atoms with Gasteiger partial charge in [0.15, 0.2) is 0 Å². The summed E-state index contributed by atoms with van der Waals surface area (Å²) in [4.78, 5) is 18.4. The molecule has 0 spiro atoms. The van der Waals surface area contributed by atoms with Crippen molar-refractivity contribution in [2.45, 2.75) is 31.9 Å². The van der Waals surface area contributed by atoms with Crippen molar-refractivity contribution in [1.29, 1.82) is 0 Å². The van der Waals surface area contributed by atoms with Crippen LogP contribution in [0.15, 0.2) is 47.3 Å². The highest BCUT2D eigenvalue weighted by Crippen LogP contribution is 2.31. The lowest BCUT2D eigenvalue weighted by Gasteiger charge is -2.25. The number of urea groups is 1. The van der Waals surface area contributed by atoms with E-state index in [9.17, 15) is 4.79 Å². The molecule has 0 aromatic carbocycles. The minimum atomic E-state index is 0.000321. The molecule has 0 aliphatic carbocycles. The fourth-order valence-corrected chi connectivity index (χ4v) is 2.98. The quantitative estimate of drug-likeness (QED) is 0.793. The number of hydrogen-bond donors (Lipinski definition) is 1. The molecule has 1 N–H and O–H groups in total. The molecule has 2 amide bonds. The molecule has 128 valence electrons. The molecule has 0 unspecified atom stereocenters. The Kier molecular flexibility index (Phi) is 5.85. The van der Waals surface area contributed by atoms with Gasteiger partial charge < -0.3 is 19.4 Å². The number of likely N-dealkylation sites (tertiary alicyclic amines) is 1. The highest BCUT2D eigenvalue weighted by molar-refractivity contribution is 5.75. The van der Waals surface area contributed by atoms with Gasteiger partial charge in [-0.1, -0.05) is 0 Å². The number of carbonyl (C=O) groups is 1. The molecule has 6 heteroatoms. The smallest absolute Gasteiger partial charge is 0.317 e. The van der Waals surface area contributed by atoms with E-state index in [0.29, 0.717) is 19.8 Å². The van der Waals surface area contributed by atoms with Gasteiger partial charge in [0.25, 0.3) is 0 Å². The van der Waals surface area contributed by atoms with E-state index in [0.717, 1.165) is 37.1 Å². The van der Waals surface area contributed by atoms with Crippen molar-refractivity contribution in [3.63, 3.8) is 0 Å². The normalized spacial score (nSPS) is 17.2. The lowest BCUT2D eigenvalue weighted by Crippen LogP contribution is -2.40. The summed E-state index contributed by atoms with van der Waals surface area (Å²) in [6, 6.07) is 7.85. The van der Waals surface area contributed by atoms with Crippen molar-refractivity contribution in [2.24, 2.45) is 0 Å². The van der Waals surface area contributed by atoms with Gasteiger partial charge in [-0.05, 0) is 49.1 Å². The van der Waals surface area contributed by atoms with Crippen LogP contribution in [0.5, 0.6) is 0 Å². The molecule has 1 fully saturated rings. The van der Waals surface area contributed by atoms with E-state index in [1.807, 2.05) is 29.2 Å². The summed E-state index contributed by atoms with van der Waals surface area (Å²) in [7, 11) is 0. The van der Waals surface area contributed by atoms with Crippen molar-refractivity contribution in [3.05, 3.63) is 54.2 Å². The van der Waals surface area contributed by atoms with Crippen LogP contribution in [0.4, 0.5) is 4.79 Å². The van der Waals surface area contributed by atoms with Gasteiger partial charge in [-0.3, -0.25) is 4.98 Å². The average molecular weight is 329 g/mol. The molecule has 2 aromatic heterocycles. The molecule has 0 saturated carbocycles. The Balaban J connectivity index is 1.37. The summed E-state index contributed by atoms with van der Waals surface area (Å²) in [5, 5.41) is 2.99. The number of aromatic nitrogens is 1. The average Bonchev–Trinajstić information content (AvgIpc) is 3.30. The Bertz CT molecular complexity index is 616. The van der Waals surface area contributed by atoms with Crippen molar-refractivity contribution >= 4 is 6.03 Å². The van der Waals surface area contributed by atoms with E-state index in [1.54, 1.807) is 18.7 Å². The second-order valence-corrected chi connectivity index (χ2v) is 5.85. The molecule has 3 heterocycles. The fourth-order valence-electron chi connectivity index (χ4n) is 2.98. The van der Waals surface area contributed by atoms with Gasteiger partial charge in [0.1, 0.15) is 12.4 Å². The molecule has 1 saturated heterocycles. The van der Waals surface area contributed by atoms with Crippen LogP contribution < -0.4 is 5.32 Å². The molecule has 0 bridgehead atoms. The van der Waals surface area contributed by atoms with Gasteiger partial charge >= 0.3 is 6.03 Å². The lowest BCUT2D eigenvalue weighted by molar-refractivity contribution is 0.104. The first-order chi connectivity index (χ1) is 11.8. The van der Waals surface area contributed by atoms with Crippen LogP contribution in [0.3, 0.4) is 0 Å². The maximum atomic E-state index is 12.4. The zero-order valence-corrected chi connectivity index (χ0v) is 13.7. The molecular weight excluding hydrogens is 306 g/mol. The number of ether oxygens (including phenoxy) is 1. The Morgan fingerprint density at radius 2 is 2.25 bits per heavy atom. The summed E-state index contributed by atoms with van der Waals surface area (Å²) >= 11 is 0. The van der Waals surface area contributed by atoms with Gasteiger partial charge in [0, 0.05) is 32.1 Å². The maximum absolute atomic E-state index is 12.4. The van der Waals surface area contributed by atoms with E-state index < -0.39 is 0 Å². The van der Waals surface area contributed by atoms with Gasteiger partial charge in [-0.2, -0.15) is 0 Å². The molecule has 6 nitrogen and oxygen atoms in total. The second kappa shape index (κ2) is 8.49. The van der Waals surface area contributed by atoms with Crippen molar-refractivity contribution in [1.82, 2.24) is 15.2 Å². The predicted molar refractivity (Wildman–Crippen MR) is 89.3 cm³/mol. The zero-order valence-electron chi connectivity index (χ0n) is 13.7.